The normalized spacial score (nSPS) is 25.1. The Hall–Kier alpha value is -1.12. The molecule has 10 heteroatoms. The van der Waals surface area contributed by atoms with E-state index in [4.69, 9.17) is 34.8 Å². The number of amides is 3. The van der Waals surface area contributed by atoms with Crippen LogP contribution < -0.4 is 0 Å². The number of nitrogens with zero attached hydrogens (tertiary/aromatic N) is 2. The van der Waals surface area contributed by atoms with E-state index in [-0.39, 0.29) is 28.0 Å². The Bertz CT molecular complexity index is 1050. The van der Waals surface area contributed by atoms with Gasteiger partial charge in [0.1, 0.15) is 0 Å². The highest BCUT2D eigenvalue weighted by molar-refractivity contribution is 9.12. The number of carbonyl (C=O) groups is 3. The second-order valence-electron chi connectivity index (χ2n) is 7.81. The van der Waals surface area contributed by atoms with Gasteiger partial charge in [0.15, 0.2) is 0 Å². The molecule has 0 radical (unpaired) electrons. The molecule has 1 aliphatic carbocycles. The first kappa shape index (κ1) is 24.0. The molecule has 2 aliphatic rings. The Morgan fingerprint density at radius 3 is 1.97 bits per heavy atom. The molecule has 5 nitrogen and oxygen atoms in total. The van der Waals surface area contributed by atoms with Crippen LogP contribution in [0.25, 0.3) is 0 Å². The number of alkyl halides is 2. The number of halogens is 5. The van der Waals surface area contributed by atoms with Gasteiger partial charge in [-0.1, -0.05) is 72.7 Å². The van der Waals surface area contributed by atoms with E-state index >= 15 is 0 Å². The topological polar surface area (TPSA) is 57.7 Å². The molecule has 1 heterocycles. The predicted molar refractivity (Wildman–Crippen MR) is 131 cm³/mol. The van der Waals surface area contributed by atoms with Gasteiger partial charge in [-0.2, -0.15) is 5.01 Å². The summed E-state index contributed by atoms with van der Waals surface area (Å²) < 4.78 is 0. The summed E-state index contributed by atoms with van der Waals surface area (Å²) in [5.74, 6) is -2.23. The molecular weight excluding hydrogens is 606 g/mol. The number of benzene rings is 2. The summed E-state index contributed by atoms with van der Waals surface area (Å²) in [7, 11) is 0. The molecule has 0 spiro atoms. The number of carbonyl (C=O) groups excluding carboxylic acids is 3. The van der Waals surface area contributed by atoms with Crippen LogP contribution in [0.15, 0.2) is 42.5 Å². The highest BCUT2D eigenvalue weighted by Crippen LogP contribution is 2.44. The molecule has 3 amide bonds. The van der Waals surface area contributed by atoms with Gasteiger partial charge in [-0.25, -0.2) is 5.01 Å². The van der Waals surface area contributed by atoms with Crippen molar-refractivity contribution in [2.45, 2.75) is 29.0 Å². The molecule has 4 atom stereocenters. The quantitative estimate of drug-likeness (QED) is 0.305. The average molecular weight is 624 g/mol. The van der Waals surface area contributed by atoms with Crippen molar-refractivity contribution in [3.63, 3.8) is 0 Å². The van der Waals surface area contributed by atoms with E-state index in [2.05, 4.69) is 31.9 Å². The molecule has 32 heavy (non-hydrogen) atoms. The van der Waals surface area contributed by atoms with Crippen LogP contribution in [0.2, 0.25) is 15.1 Å². The summed E-state index contributed by atoms with van der Waals surface area (Å²) in [6.45, 7) is -0.0656. The van der Waals surface area contributed by atoms with E-state index in [0.29, 0.717) is 39.0 Å². The van der Waals surface area contributed by atoms with Crippen molar-refractivity contribution < 1.29 is 14.4 Å². The molecule has 0 unspecified atom stereocenters. The smallest absolute Gasteiger partial charge is 0.272 e. The summed E-state index contributed by atoms with van der Waals surface area (Å²) in [6.07, 6.45) is 1.01. The number of imide groups is 1. The average Bonchev–Trinajstić information content (AvgIpc) is 2.98. The van der Waals surface area contributed by atoms with Crippen LogP contribution in [0.3, 0.4) is 0 Å². The Labute approximate surface area is 217 Å². The van der Waals surface area contributed by atoms with Crippen molar-refractivity contribution >= 4 is 84.4 Å². The molecule has 0 aromatic heterocycles. The lowest BCUT2D eigenvalue weighted by atomic mass is 9.81. The van der Waals surface area contributed by atoms with Crippen molar-refractivity contribution in [3.05, 3.63) is 68.7 Å². The molecule has 1 aliphatic heterocycles. The van der Waals surface area contributed by atoms with Gasteiger partial charge in [-0.3, -0.25) is 14.4 Å². The van der Waals surface area contributed by atoms with Gasteiger partial charge < -0.3 is 0 Å². The van der Waals surface area contributed by atoms with Crippen molar-refractivity contribution in [2.24, 2.45) is 11.8 Å². The monoisotopic (exact) mass is 620 g/mol. The van der Waals surface area contributed by atoms with Crippen molar-refractivity contribution in [2.75, 3.05) is 0 Å². The van der Waals surface area contributed by atoms with Crippen LogP contribution in [0, 0.1) is 11.8 Å². The zero-order chi connectivity index (χ0) is 23.2. The Morgan fingerprint density at radius 1 is 0.906 bits per heavy atom. The highest BCUT2D eigenvalue weighted by Gasteiger charge is 2.54. The first-order chi connectivity index (χ1) is 15.2. The van der Waals surface area contributed by atoms with Gasteiger partial charge in [0.25, 0.3) is 17.7 Å². The zero-order valence-corrected chi connectivity index (χ0v) is 21.9. The van der Waals surface area contributed by atoms with Crippen molar-refractivity contribution in [1.82, 2.24) is 10.0 Å². The van der Waals surface area contributed by atoms with Gasteiger partial charge in [0, 0.05) is 30.3 Å². The zero-order valence-electron chi connectivity index (χ0n) is 16.5. The highest BCUT2D eigenvalue weighted by atomic mass is 79.9. The van der Waals surface area contributed by atoms with Gasteiger partial charge >= 0.3 is 0 Å². The lowest BCUT2D eigenvalue weighted by Crippen LogP contribution is -2.49. The van der Waals surface area contributed by atoms with Crippen LogP contribution in [-0.4, -0.2) is 37.4 Å². The molecule has 2 aromatic rings. The number of fused-ring (bicyclic) bond motifs is 1. The van der Waals surface area contributed by atoms with Crippen LogP contribution in [0.5, 0.6) is 0 Å². The molecule has 2 aromatic carbocycles. The van der Waals surface area contributed by atoms with Crippen molar-refractivity contribution in [1.29, 1.82) is 0 Å². The van der Waals surface area contributed by atoms with Crippen LogP contribution in [0.4, 0.5) is 0 Å². The lowest BCUT2D eigenvalue weighted by Gasteiger charge is -2.31. The van der Waals surface area contributed by atoms with E-state index < -0.39 is 17.7 Å². The molecule has 0 bridgehead atoms. The minimum Gasteiger partial charge on any atom is -0.272 e. The standard InChI is InChI=1S/C22H17Br2Cl3N2O3/c23-17-8-15-16(9-18(17)24)22(32)29(21(15)31)28(10-12-3-6-14(26)7-19(12)27)20(30)11-1-4-13(25)5-2-11/h1-7,15-18H,8-10H2/t15-,16-,17-,18+/m1/s1. The third-order valence-electron chi connectivity index (χ3n) is 5.79. The third kappa shape index (κ3) is 4.60. The number of hydrogen-bond donors (Lipinski definition) is 0. The summed E-state index contributed by atoms with van der Waals surface area (Å²) in [5.41, 5.74) is 0.859. The fraction of sp³-hybridized carbons (Fsp3) is 0.318. The maximum atomic E-state index is 13.5. The van der Waals surface area contributed by atoms with Gasteiger partial charge in [-0.15, -0.1) is 0 Å². The van der Waals surface area contributed by atoms with E-state index in [1.165, 1.54) is 5.01 Å². The molecule has 1 saturated heterocycles. The summed E-state index contributed by atoms with van der Waals surface area (Å²) >= 11 is 25.5. The fourth-order valence-corrected chi connectivity index (χ4v) is 5.93. The minimum atomic E-state index is -0.501. The van der Waals surface area contributed by atoms with Gasteiger partial charge in [0.2, 0.25) is 0 Å². The van der Waals surface area contributed by atoms with E-state index in [1.54, 1.807) is 42.5 Å². The van der Waals surface area contributed by atoms with Gasteiger partial charge in [0.05, 0.1) is 18.4 Å². The molecule has 1 saturated carbocycles. The van der Waals surface area contributed by atoms with Crippen molar-refractivity contribution in [3.8, 4) is 0 Å². The van der Waals surface area contributed by atoms with Gasteiger partial charge in [-0.05, 0) is 54.8 Å². The predicted octanol–water partition coefficient (Wildman–Crippen LogP) is 6.13. The first-order valence-corrected chi connectivity index (χ1v) is 12.8. The molecular formula is C22H17Br2Cl3N2O3. The number of hydrazine groups is 1. The summed E-state index contributed by atoms with van der Waals surface area (Å²) in [6, 6.07) is 11.2. The van der Waals surface area contributed by atoms with E-state index in [1.807, 2.05) is 0 Å². The first-order valence-electron chi connectivity index (χ1n) is 9.84. The van der Waals surface area contributed by atoms with Crippen LogP contribution in [-0.2, 0) is 16.1 Å². The third-order valence-corrected chi connectivity index (χ3v) is 9.36. The maximum Gasteiger partial charge on any atom is 0.273 e. The molecule has 2 fully saturated rings. The Balaban J connectivity index is 1.73. The number of rotatable bonds is 4. The molecule has 168 valence electrons. The molecule has 4 rings (SSSR count). The van der Waals surface area contributed by atoms with Crippen LogP contribution >= 0.6 is 66.7 Å². The Morgan fingerprint density at radius 2 is 1.44 bits per heavy atom. The Kier molecular flexibility index (Phi) is 7.23. The SMILES string of the molecule is O=C(c1ccc(Cl)cc1)N(Cc1ccc(Cl)cc1Cl)N1C(=O)[C@@H]2C[C@@H](Br)[C@@H](Br)C[C@H]2C1=O. The van der Waals surface area contributed by atoms with E-state index in [0.717, 1.165) is 5.01 Å². The summed E-state index contributed by atoms with van der Waals surface area (Å²) in [4.78, 5) is 40.3. The minimum absolute atomic E-state index is 0.0616. The maximum absolute atomic E-state index is 13.5. The summed E-state index contributed by atoms with van der Waals surface area (Å²) in [5, 5.41) is 3.43. The molecule has 0 N–H and O–H groups in total. The largest absolute Gasteiger partial charge is 0.273 e. The second kappa shape index (κ2) is 9.63. The lowest BCUT2D eigenvalue weighted by molar-refractivity contribution is -0.155. The van der Waals surface area contributed by atoms with E-state index in [9.17, 15) is 14.4 Å². The van der Waals surface area contributed by atoms with Crippen LogP contribution in [0.1, 0.15) is 28.8 Å². The fourth-order valence-electron chi connectivity index (χ4n) is 4.10. The number of hydrogen-bond acceptors (Lipinski definition) is 3. The second-order valence-corrected chi connectivity index (χ2v) is 11.4.